The third-order valence-corrected chi connectivity index (χ3v) is 1.99. The third kappa shape index (κ3) is 4.61. The summed E-state index contributed by atoms with van der Waals surface area (Å²) in [5.74, 6) is 0. The van der Waals surface area contributed by atoms with E-state index in [1.54, 1.807) is 0 Å². The Bertz CT molecular complexity index is 275. The Morgan fingerprint density at radius 2 is 1.93 bits per heavy atom. The molecule has 0 aliphatic carbocycles. The average molecular weight is 187 g/mol. The highest BCUT2D eigenvalue weighted by molar-refractivity contribution is 5.57. The predicted octanol–water partition coefficient (Wildman–Crippen LogP) is 3.61. The van der Waals surface area contributed by atoms with E-state index in [0.717, 1.165) is 25.8 Å². The first-order valence-electron chi connectivity index (χ1n) is 5.06. The molecule has 74 valence electrons. The van der Waals surface area contributed by atoms with Gasteiger partial charge in [-0.3, -0.25) is 4.99 Å². The highest BCUT2D eigenvalue weighted by Gasteiger charge is 1.86. The monoisotopic (exact) mass is 187 g/mol. The fraction of sp³-hybridized carbons (Fsp3) is 0.308. The molecule has 0 fully saturated rings. The number of hydrogen-bond acceptors (Lipinski definition) is 1. The van der Waals surface area contributed by atoms with Crippen molar-refractivity contribution in [2.45, 2.75) is 25.8 Å². The van der Waals surface area contributed by atoms with Crippen molar-refractivity contribution in [2.24, 2.45) is 4.99 Å². The number of rotatable bonds is 6. The maximum Gasteiger partial charge on any atom is 0.0635 e. The van der Waals surface area contributed by atoms with E-state index in [1.807, 2.05) is 30.5 Å². The molecule has 0 saturated heterocycles. The van der Waals surface area contributed by atoms with E-state index in [4.69, 9.17) is 0 Å². The molecule has 0 amide bonds. The molecule has 1 heteroatoms. The molecule has 0 atom stereocenters. The van der Waals surface area contributed by atoms with Crippen molar-refractivity contribution in [1.82, 2.24) is 0 Å². The molecule has 1 aromatic rings. The van der Waals surface area contributed by atoms with E-state index >= 15 is 0 Å². The van der Waals surface area contributed by atoms with E-state index < -0.39 is 0 Å². The Morgan fingerprint density at radius 3 is 2.64 bits per heavy atom. The van der Waals surface area contributed by atoms with E-state index in [9.17, 15) is 0 Å². The van der Waals surface area contributed by atoms with Crippen LogP contribution in [0.4, 0.5) is 0 Å². The molecule has 0 N–H and O–H groups in total. The van der Waals surface area contributed by atoms with Gasteiger partial charge in [0, 0.05) is 0 Å². The van der Waals surface area contributed by atoms with Crippen LogP contribution in [-0.2, 0) is 6.54 Å². The zero-order valence-corrected chi connectivity index (χ0v) is 8.52. The second-order valence-corrected chi connectivity index (χ2v) is 3.23. The summed E-state index contributed by atoms with van der Waals surface area (Å²) in [5.41, 5.74) is 1.27. The fourth-order valence-electron chi connectivity index (χ4n) is 1.20. The number of aliphatic imine (C=N–C) groups is 1. The van der Waals surface area contributed by atoms with Crippen LogP contribution in [0, 0.1) is 0 Å². The third-order valence-electron chi connectivity index (χ3n) is 1.99. The van der Waals surface area contributed by atoms with Gasteiger partial charge >= 0.3 is 0 Å². The van der Waals surface area contributed by atoms with E-state index in [0.29, 0.717) is 0 Å². The molecular formula is C13H17N. The van der Waals surface area contributed by atoms with Crippen molar-refractivity contribution in [3.05, 3.63) is 48.6 Å². The minimum atomic E-state index is 0.801. The highest BCUT2D eigenvalue weighted by Crippen LogP contribution is 2.00. The van der Waals surface area contributed by atoms with Crippen LogP contribution < -0.4 is 0 Å². The van der Waals surface area contributed by atoms with Crippen molar-refractivity contribution in [3.63, 3.8) is 0 Å². The molecule has 0 aromatic heterocycles. The largest absolute Gasteiger partial charge is 0.293 e. The lowest BCUT2D eigenvalue weighted by Gasteiger charge is -1.94. The van der Waals surface area contributed by atoms with Gasteiger partial charge in [-0.25, -0.2) is 0 Å². The molecular weight excluding hydrogens is 170 g/mol. The maximum absolute atomic E-state index is 4.35. The number of benzene rings is 1. The standard InChI is InChI=1S/C13H17N/c1-2-3-4-8-11-14-12-13-9-6-5-7-10-13/h2,5-7,9-11H,1,3-4,8,12H2. The molecule has 1 nitrogen and oxygen atoms in total. The van der Waals surface area contributed by atoms with Crippen LogP contribution in [0.3, 0.4) is 0 Å². The molecule has 0 aliphatic rings. The SMILES string of the molecule is C=CCCCC=NCc1ccccc1. The van der Waals surface area contributed by atoms with Crippen LogP contribution >= 0.6 is 0 Å². The summed E-state index contributed by atoms with van der Waals surface area (Å²) in [6, 6.07) is 10.3. The first-order valence-corrected chi connectivity index (χ1v) is 5.06. The molecule has 0 unspecified atom stereocenters. The van der Waals surface area contributed by atoms with Gasteiger partial charge in [-0.1, -0.05) is 36.4 Å². The molecule has 0 saturated carbocycles. The average Bonchev–Trinajstić information content (AvgIpc) is 2.25. The quantitative estimate of drug-likeness (QED) is 0.366. The molecule has 0 heterocycles. The molecule has 1 rings (SSSR count). The lowest BCUT2D eigenvalue weighted by molar-refractivity contribution is 0.898. The van der Waals surface area contributed by atoms with Crippen LogP contribution in [0.25, 0.3) is 0 Å². The lowest BCUT2D eigenvalue weighted by atomic mass is 10.2. The summed E-state index contributed by atoms with van der Waals surface area (Å²) < 4.78 is 0. The van der Waals surface area contributed by atoms with Crippen molar-refractivity contribution >= 4 is 6.21 Å². The molecule has 0 bridgehead atoms. The van der Waals surface area contributed by atoms with E-state index in [-0.39, 0.29) is 0 Å². The number of hydrogen-bond donors (Lipinski definition) is 0. The number of allylic oxidation sites excluding steroid dienone is 1. The maximum atomic E-state index is 4.35. The summed E-state index contributed by atoms with van der Waals surface area (Å²) in [7, 11) is 0. The van der Waals surface area contributed by atoms with Gasteiger partial charge in [-0.05, 0) is 31.0 Å². The van der Waals surface area contributed by atoms with Gasteiger partial charge in [-0.2, -0.15) is 0 Å². The summed E-state index contributed by atoms with van der Waals surface area (Å²) >= 11 is 0. The van der Waals surface area contributed by atoms with Gasteiger partial charge in [0.1, 0.15) is 0 Å². The normalized spacial score (nSPS) is 10.6. The van der Waals surface area contributed by atoms with Gasteiger partial charge in [0.05, 0.1) is 6.54 Å². The van der Waals surface area contributed by atoms with Crippen LogP contribution in [0.1, 0.15) is 24.8 Å². The van der Waals surface area contributed by atoms with Crippen molar-refractivity contribution in [2.75, 3.05) is 0 Å². The number of unbranched alkanes of at least 4 members (excludes halogenated alkanes) is 2. The fourth-order valence-corrected chi connectivity index (χ4v) is 1.20. The van der Waals surface area contributed by atoms with Crippen LogP contribution in [0.5, 0.6) is 0 Å². The highest BCUT2D eigenvalue weighted by atomic mass is 14.7. The second-order valence-electron chi connectivity index (χ2n) is 3.23. The van der Waals surface area contributed by atoms with Crippen molar-refractivity contribution in [1.29, 1.82) is 0 Å². The summed E-state index contributed by atoms with van der Waals surface area (Å²) in [4.78, 5) is 4.35. The van der Waals surface area contributed by atoms with E-state index in [2.05, 4.69) is 23.7 Å². The Balaban J connectivity index is 2.17. The number of nitrogens with zero attached hydrogens (tertiary/aromatic N) is 1. The summed E-state index contributed by atoms with van der Waals surface area (Å²) in [6.07, 6.45) is 7.25. The zero-order valence-electron chi connectivity index (χ0n) is 8.52. The Morgan fingerprint density at radius 1 is 1.14 bits per heavy atom. The van der Waals surface area contributed by atoms with Gasteiger partial charge < -0.3 is 0 Å². The molecule has 0 radical (unpaired) electrons. The van der Waals surface area contributed by atoms with Crippen LogP contribution in [-0.4, -0.2) is 6.21 Å². The Hall–Kier alpha value is -1.37. The smallest absolute Gasteiger partial charge is 0.0635 e. The van der Waals surface area contributed by atoms with Crippen LogP contribution in [0.15, 0.2) is 48.0 Å². The van der Waals surface area contributed by atoms with Gasteiger partial charge in [0.25, 0.3) is 0 Å². The molecule has 0 spiro atoms. The summed E-state index contributed by atoms with van der Waals surface area (Å²) in [5, 5.41) is 0. The lowest BCUT2D eigenvalue weighted by Crippen LogP contribution is -1.81. The van der Waals surface area contributed by atoms with Gasteiger partial charge in [0.15, 0.2) is 0 Å². The molecule has 1 aromatic carbocycles. The minimum absolute atomic E-state index is 0.801. The second kappa shape index (κ2) is 7.07. The first-order chi connectivity index (χ1) is 6.93. The van der Waals surface area contributed by atoms with E-state index in [1.165, 1.54) is 5.56 Å². The van der Waals surface area contributed by atoms with Gasteiger partial charge in [-0.15, -0.1) is 6.58 Å². The van der Waals surface area contributed by atoms with Crippen molar-refractivity contribution < 1.29 is 0 Å². The topological polar surface area (TPSA) is 12.4 Å². The molecule has 0 aliphatic heterocycles. The Kier molecular flexibility index (Phi) is 5.41. The Labute approximate surface area is 86.2 Å². The first kappa shape index (κ1) is 10.7. The van der Waals surface area contributed by atoms with Gasteiger partial charge in [0.2, 0.25) is 0 Å². The van der Waals surface area contributed by atoms with Crippen LogP contribution in [0.2, 0.25) is 0 Å². The molecule has 14 heavy (non-hydrogen) atoms. The predicted molar refractivity (Wildman–Crippen MR) is 62.7 cm³/mol. The van der Waals surface area contributed by atoms with Crippen molar-refractivity contribution in [3.8, 4) is 0 Å². The minimum Gasteiger partial charge on any atom is -0.293 e. The summed E-state index contributed by atoms with van der Waals surface area (Å²) in [6.45, 7) is 4.48. The zero-order chi connectivity index (χ0) is 10.1.